The molecule has 0 amide bonds. The van der Waals surface area contributed by atoms with Crippen molar-refractivity contribution < 1.29 is 10.2 Å². The van der Waals surface area contributed by atoms with Gasteiger partial charge in [0.2, 0.25) is 0 Å². The van der Waals surface area contributed by atoms with Crippen LogP contribution >= 0.6 is 11.6 Å². The summed E-state index contributed by atoms with van der Waals surface area (Å²) < 4.78 is 0. The van der Waals surface area contributed by atoms with E-state index >= 15 is 0 Å². The van der Waals surface area contributed by atoms with Crippen LogP contribution in [0.4, 0.5) is 0 Å². The smallest absolute Gasteiger partial charge is 0.193 e. The molecule has 0 spiro atoms. The first kappa shape index (κ1) is 8.56. The summed E-state index contributed by atoms with van der Waals surface area (Å²) in [5.74, 6) is 0. The van der Waals surface area contributed by atoms with E-state index in [0.717, 1.165) is 10.9 Å². The van der Waals surface area contributed by atoms with Crippen LogP contribution in [-0.2, 0) is 0 Å². The molecule has 3 nitrogen and oxygen atoms in total. The highest BCUT2D eigenvalue weighted by atomic mass is 35.5. The maximum Gasteiger partial charge on any atom is 0.193 e. The molecular weight excluding hydrogens is 190 g/mol. The number of fused-ring (bicyclic) bond motifs is 1. The van der Waals surface area contributed by atoms with Gasteiger partial charge in [-0.05, 0) is 18.2 Å². The zero-order valence-electron chi connectivity index (χ0n) is 6.66. The Labute approximate surface area is 79.6 Å². The fraction of sp³-hybridized carbons (Fsp3) is 0.111. The summed E-state index contributed by atoms with van der Waals surface area (Å²) in [7, 11) is 0. The molecule has 13 heavy (non-hydrogen) atoms. The SMILES string of the molecule is OC(O)c1cc2c(Cl)cccc2[nH]1. The Bertz CT molecular complexity index is 436. The van der Waals surface area contributed by atoms with Crippen molar-refractivity contribution in [1.29, 1.82) is 0 Å². The van der Waals surface area contributed by atoms with E-state index < -0.39 is 6.29 Å². The Morgan fingerprint density at radius 2 is 2.08 bits per heavy atom. The molecule has 2 rings (SSSR count). The van der Waals surface area contributed by atoms with Crippen LogP contribution in [0.3, 0.4) is 0 Å². The molecule has 68 valence electrons. The van der Waals surface area contributed by atoms with Gasteiger partial charge < -0.3 is 15.2 Å². The van der Waals surface area contributed by atoms with Gasteiger partial charge in [-0.3, -0.25) is 0 Å². The van der Waals surface area contributed by atoms with Crippen molar-refractivity contribution in [2.75, 3.05) is 0 Å². The first-order chi connectivity index (χ1) is 6.18. The lowest BCUT2D eigenvalue weighted by molar-refractivity contribution is -0.0453. The predicted octanol–water partition coefficient (Wildman–Crippen LogP) is 1.80. The van der Waals surface area contributed by atoms with E-state index in [1.54, 1.807) is 18.2 Å². The average molecular weight is 198 g/mol. The standard InChI is InChI=1S/C9H8ClNO2/c10-6-2-1-3-7-5(6)4-8(11-7)9(12)13/h1-4,9,11-13H. The third-order valence-corrected chi connectivity index (χ3v) is 2.24. The van der Waals surface area contributed by atoms with Gasteiger partial charge in [0.05, 0.1) is 5.69 Å². The number of hydrogen-bond donors (Lipinski definition) is 3. The van der Waals surface area contributed by atoms with Crippen molar-refractivity contribution in [2.45, 2.75) is 6.29 Å². The minimum Gasteiger partial charge on any atom is -0.363 e. The minimum absolute atomic E-state index is 0.350. The quantitative estimate of drug-likeness (QED) is 0.611. The van der Waals surface area contributed by atoms with E-state index in [4.69, 9.17) is 21.8 Å². The number of aromatic amines is 1. The number of rotatable bonds is 1. The molecule has 4 heteroatoms. The molecule has 1 heterocycles. The van der Waals surface area contributed by atoms with Crippen LogP contribution in [0.2, 0.25) is 5.02 Å². The van der Waals surface area contributed by atoms with E-state index in [9.17, 15) is 0 Å². The Morgan fingerprint density at radius 3 is 2.69 bits per heavy atom. The predicted molar refractivity (Wildman–Crippen MR) is 50.5 cm³/mol. The second kappa shape index (κ2) is 3.03. The van der Waals surface area contributed by atoms with Crippen molar-refractivity contribution in [3.8, 4) is 0 Å². The highest BCUT2D eigenvalue weighted by molar-refractivity contribution is 6.35. The molecule has 0 unspecified atom stereocenters. The molecule has 0 fully saturated rings. The molecule has 3 N–H and O–H groups in total. The van der Waals surface area contributed by atoms with Crippen molar-refractivity contribution in [2.24, 2.45) is 0 Å². The van der Waals surface area contributed by atoms with Gasteiger partial charge in [0, 0.05) is 15.9 Å². The number of halogens is 1. The summed E-state index contributed by atoms with van der Waals surface area (Å²) in [6.07, 6.45) is -1.48. The molecule has 0 saturated carbocycles. The summed E-state index contributed by atoms with van der Waals surface area (Å²) in [6, 6.07) is 7.01. The van der Waals surface area contributed by atoms with E-state index in [0.29, 0.717) is 10.7 Å². The second-order valence-electron chi connectivity index (χ2n) is 2.80. The number of H-pyrrole nitrogens is 1. The summed E-state index contributed by atoms with van der Waals surface area (Å²) in [6.45, 7) is 0. The van der Waals surface area contributed by atoms with Crippen LogP contribution in [-0.4, -0.2) is 15.2 Å². The van der Waals surface area contributed by atoms with Gasteiger partial charge in [-0.2, -0.15) is 0 Å². The summed E-state index contributed by atoms with van der Waals surface area (Å²) in [5.41, 5.74) is 1.15. The molecule has 1 aromatic heterocycles. The molecule has 0 radical (unpaired) electrons. The molecule has 2 aromatic rings. The number of hydrogen-bond acceptors (Lipinski definition) is 2. The molecule has 0 aliphatic heterocycles. The monoisotopic (exact) mass is 197 g/mol. The van der Waals surface area contributed by atoms with Crippen LogP contribution in [0.15, 0.2) is 24.3 Å². The van der Waals surface area contributed by atoms with Crippen molar-refractivity contribution in [1.82, 2.24) is 4.98 Å². The molecule has 0 atom stereocenters. The van der Waals surface area contributed by atoms with Crippen molar-refractivity contribution in [3.63, 3.8) is 0 Å². The second-order valence-corrected chi connectivity index (χ2v) is 3.21. The summed E-state index contributed by atoms with van der Waals surface area (Å²) in [4.78, 5) is 2.85. The van der Waals surface area contributed by atoms with Gasteiger partial charge in [-0.15, -0.1) is 0 Å². The van der Waals surface area contributed by atoms with Gasteiger partial charge in [-0.1, -0.05) is 17.7 Å². The van der Waals surface area contributed by atoms with Crippen molar-refractivity contribution >= 4 is 22.5 Å². The Balaban J connectivity index is 2.68. The number of nitrogens with one attached hydrogen (secondary N) is 1. The summed E-state index contributed by atoms with van der Waals surface area (Å²) in [5, 5.41) is 19.2. The number of aliphatic hydroxyl groups is 2. The number of aliphatic hydroxyl groups excluding tert-OH is 1. The zero-order valence-corrected chi connectivity index (χ0v) is 7.42. The van der Waals surface area contributed by atoms with Crippen molar-refractivity contribution in [3.05, 3.63) is 35.0 Å². The third-order valence-electron chi connectivity index (χ3n) is 1.91. The first-order valence-corrected chi connectivity index (χ1v) is 4.19. The van der Waals surface area contributed by atoms with Gasteiger partial charge in [0.15, 0.2) is 6.29 Å². The number of benzene rings is 1. The largest absolute Gasteiger partial charge is 0.363 e. The zero-order chi connectivity index (χ0) is 9.42. The molecule has 0 aliphatic rings. The molecule has 0 aliphatic carbocycles. The van der Waals surface area contributed by atoms with Crippen LogP contribution in [0.25, 0.3) is 10.9 Å². The van der Waals surface area contributed by atoms with Gasteiger partial charge in [-0.25, -0.2) is 0 Å². The highest BCUT2D eigenvalue weighted by Crippen LogP contribution is 2.25. The van der Waals surface area contributed by atoms with E-state index in [-0.39, 0.29) is 0 Å². The van der Waals surface area contributed by atoms with Crippen LogP contribution in [0, 0.1) is 0 Å². The van der Waals surface area contributed by atoms with Crippen LogP contribution in [0.1, 0.15) is 12.0 Å². The molecule has 0 bridgehead atoms. The Hall–Kier alpha value is -1.03. The van der Waals surface area contributed by atoms with Crippen LogP contribution < -0.4 is 0 Å². The van der Waals surface area contributed by atoms with Gasteiger partial charge >= 0.3 is 0 Å². The topological polar surface area (TPSA) is 56.2 Å². The fourth-order valence-corrected chi connectivity index (χ4v) is 1.51. The maximum atomic E-state index is 8.90. The molecule has 1 aromatic carbocycles. The lowest BCUT2D eigenvalue weighted by Crippen LogP contribution is -1.93. The normalized spacial score (nSPS) is 11.4. The van der Waals surface area contributed by atoms with E-state index in [1.165, 1.54) is 0 Å². The minimum atomic E-state index is -1.48. The third kappa shape index (κ3) is 1.42. The maximum absolute atomic E-state index is 8.90. The Morgan fingerprint density at radius 1 is 1.31 bits per heavy atom. The molecule has 0 saturated heterocycles. The summed E-state index contributed by atoms with van der Waals surface area (Å²) >= 11 is 5.89. The van der Waals surface area contributed by atoms with Gasteiger partial charge in [0.25, 0.3) is 0 Å². The fourth-order valence-electron chi connectivity index (χ4n) is 1.28. The first-order valence-electron chi connectivity index (χ1n) is 3.82. The lowest BCUT2D eigenvalue weighted by atomic mass is 10.2. The van der Waals surface area contributed by atoms with E-state index in [2.05, 4.69) is 4.98 Å². The Kier molecular flexibility index (Phi) is 2.00. The van der Waals surface area contributed by atoms with Gasteiger partial charge in [0.1, 0.15) is 0 Å². The molecular formula is C9H8ClNO2. The highest BCUT2D eigenvalue weighted by Gasteiger charge is 2.08. The average Bonchev–Trinajstić information content (AvgIpc) is 2.49. The number of aromatic nitrogens is 1. The van der Waals surface area contributed by atoms with E-state index in [1.807, 2.05) is 6.07 Å². The lowest BCUT2D eigenvalue weighted by Gasteiger charge is -1.96. The van der Waals surface area contributed by atoms with Crippen LogP contribution in [0.5, 0.6) is 0 Å².